The molecule has 2 unspecified atom stereocenters. The van der Waals surface area contributed by atoms with Crippen molar-refractivity contribution in [1.29, 1.82) is 0 Å². The van der Waals surface area contributed by atoms with Crippen molar-refractivity contribution < 1.29 is 31.8 Å². The van der Waals surface area contributed by atoms with Gasteiger partial charge in [0.2, 0.25) is 17.8 Å². The van der Waals surface area contributed by atoms with Crippen LogP contribution in [0.15, 0.2) is 71.9 Å². The second kappa shape index (κ2) is 18.5. The standard InChI is InChI=1S/C41H52F3N9O4S/c1-49(36-10-11-37(54)48-38(36)55)40(56)53(33-6-3-2-4-7-33)28-30-12-18-50(19-13-30)27-29-14-20-51(21-15-29)34-8-5-9-35(24-34)58(57)52-22-16-32(17-23-52)47-39-45-25-31(26-46-39)41(42,43)44/h2-9,24-26,29-30,32,36H,10-23,27-28H2,1H3,(H,45,46,47)(H,48,54,55). The molecule has 4 fully saturated rings. The van der Waals surface area contributed by atoms with Gasteiger partial charge in [-0.3, -0.25) is 19.8 Å². The van der Waals surface area contributed by atoms with Crippen molar-refractivity contribution in [2.75, 3.05) is 74.5 Å². The Balaban J connectivity index is 0.848. The van der Waals surface area contributed by atoms with E-state index in [9.17, 15) is 31.8 Å². The van der Waals surface area contributed by atoms with Crippen LogP contribution in [0.2, 0.25) is 0 Å². The van der Waals surface area contributed by atoms with Crippen LogP contribution in [0.25, 0.3) is 0 Å². The van der Waals surface area contributed by atoms with Gasteiger partial charge in [0.15, 0.2) is 0 Å². The van der Waals surface area contributed by atoms with Crippen molar-refractivity contribution in [3.05, 3.63) is 72.6 Å². The van der Waals surface area contributed by atoms with Crippen LogP contribution < -0.4 is 20.4 Å². The summed E-state index contributed by atoms with van der Waals surface area (Å²) in [7, 11) is 0.309. The van der Waals surface area contributed by atoms with Gasteiger partial charge in [-0.15, -0.1) is 0 Å². The Labute approximate surface area is 339 Å². The van der Waals surface area contributed by atoms with Gasteiger partial charge in [-0.2, -0.15) is 13.2 Å². The van der Waals surface area contributed by atoms with Gasteiger partial charge >= 0.3 is 12.2 Å². The molecule has 17 heteroatoms. The van der Waals surface area contributed by atoms with Gasteiger partial charge in [0.25, 0.3) is 0 Å². The van der Waals surface area contributed by atoms with Crippen molar-refractivity contribution in [2.45, 2.75) is 74.5 Å². The summed E-state index contributed by atoms with van der Waals surface area (Å²) in [6, 6.07) is 16.6. The van der Waals surface area contributed by atoms with E-state index in [0.29, 0.717) is 50.7 Å². The van der Waals surface area contributed by atoms with E-state index >= 15 is 0 Å². The lowest BCUT2D eigenvalue weighted by Crippen LogP contribution is -2.56. The molecule has 13 nitrogen and oxygen atoms in total. The molecule has 0 saturated carbocycles. The molecule has 58 heavy (non-hydrogen) atoms. The van der Waals surface area contributed by atoms with Crippen LogP contribution in [0, 0.1) is 11.8 Å². The monoisotopic (exact) mass is 823 g/mol. The molecule has 5 heterocycles. The van der Waals surface area contributed by atoms with Crippen molar-refractivity contribution in [1.82, 2.24) is 29.4 Å². The first-order valence-corrected chi connectivity index (χ1v) is 21.3. The number of nitrogens with zero attached hydrogens (tertiary/aromatic N) is 7. The number of alkyl halides is 3. The van der Waals surface area contributed by atoms with Crippen LogP contribution in [0.1, 0.15) is 56.9 Å². The second-order valence-electron chi connectivity index (χ2n) is 15.9. The molecule has 2 N–H and O–H groups in total. The molecule has 1 aromatic heterocycles. The van der Waals surface area contributed by atoms with Crippen LogP contribution in [0.3, 0.4) is 0 Å². The van der Waals surface area contributed by atoms with Gasteiger partial charge in [0, 0.05) is 82.5 Å². The molecule has 2 aromatic carbocycles. The molecule has 312 valence electrons. The molecule has 4 saturated heterocycles. The van der Waals surface area contributed by atoms with Gasteiger partial charge in [-0.05, 0) is 100 Å². The zero-order valence-corrected chi connectivity index (χ0v) is 33.6. The van der Waals surface area contributed by atoms with Crippen LogP contribution in [0.5, 0.6) is 0 Å². The first-order chi connectivity index (χ1) is 27.9. The maximum Gasteiger partial charge on any atom is 0.419 e. The van der Waals surface area contributed by atoms with Gasteiger partial charge in [-0.1, -0.05) is 24.3 Å². The number of halogens is 3. The van der Waals surface area contributed by atoms with Crippen LogP contribution in [0.4, 0.5) is 35.3 Å². The van der Waals surface area contributed by atoms with Crippen LogP contribution in [-0.2, 0) is 26.8 Å². The lowest BCUT2D eigenvalue weighted by molar-refractivity contribution is -0.138. The molecule has 4 amide bonds. The fraction of sp³-hybridized carbons (Fsp3) is 0.537. The van der Waals surface area contributed by atoms with E-state index in [2.05, 4.69) is 36.5 Å². The van der Waals surface area contributed by atoms with E-state index in [-0.39, 0.29) is 30.3 Å². The highest BCUT2D eigenvalue weighted by Crippen LogP contribution is 2.31. The second-order valence-corrected chi connectivity index (χ2v) is 17.4. The third kappa shape index (κ3) is 10.3. The van der Waals surface area contributed by atoms with E-state index < -0.39 is 34.7 Å². The fourth-order valence-electron chi connectivity index (χ4n) is 8.46. The Morgan fingerprint density at radius 2 is 1.55 bits per heavy atom. The lowest BCUT2D eigenvalue weighted by Gasteiger charge is -2.40. The molecule has 4 aliphatic rings. The Hall–Kier alpha value is -4.61. The molecule has 0 spiro atoms. The van der Waals surface area contributed by atoms with Crippen molar-refractivity contribution >= 4 is 46.2 Å². The lowest BCUT2D eigenvalue weighted by atomic mass is 9.92. The van der Waals surface area contributed by atoms with E-state index in [0.717, 1.165) is 87.1 Å². The smallest absolute Gasteiger partial charge is 0.371 e. The predicted octanol–water partition coefficient (Wildman–Crippen LogP) is 5.39. The third-order valence-corrected chi connectivity index (χ3v) is 13.4. The number of para-hydroxylation sites is 1. The van der Waals surface area contributed by atoms with Gasteiger partial charge in [-0.25, -0.2) is 23.3 Å². The number of benzene rings is 2. The number of carbonyl (C=O) groups excluding carboxylic acids is 3. The number of aromatic nitrogens is 2. The summed E-state index contributed by atoms with van der Waals surface area (Å²) in [4.78, 5) is 54.7. The number of amides is 4. The van der Waals surface area contributed by atoms with E-state index in [1.54, 1.807) is 11.9 Å². The number of hydrogen-bond acceptors (Lipinski definition) is 9. The topological polar surface area (TPSA) is 134 Å². The summed E-state index contributed by atoms with van der Waals surface area (Å²) < 4.78 is 54.1. The summed E-state index contributed by atoms with van der Waals surface area (Å²) in [5.41, 5.74) is 0.979. The van der Waals surface area contributed by atoms with Crippen LogP contribution in [-0.4, -0.2) is 118 Å². The summed E-state index contributed by atoms with van der Waals surface area (Å²) >= 11 is 0. The summed E-state index contributed by atoms with van der Waals surface area (Å²) in [6.45, 7) is 6.53. The van der Waals surface area contributed by atoms with Gasteiger partial charge < -0.3 is 20.0 Å². The van der Waals surface area contributed by atoms with Gasteiger partial charge in [0.05, 0.1) is 10.5 Å². The zero-order valence-electron chi connectivity index (χ0n) is 32.8. The summed E-state index contributed by atoms with van der Waals surface area (Å²) in [5.74, 6) is 0.325. The van der Waals surface area contributed by atoms with Crippen LogP contribution >= 0.6 is 0 Å². The number of piperidine rings is 4. The number of imide groups is 1. The minimum atomic E-state index is -4.48. The molecule has 0 aliphatic carbocycles. The number of likely N-dealkylation sites (tertiary alicyclic amines) is 1. The number of urea groups is 1. The van der Waals surface area contributed by atoms with E-state index in [4.69, 9.17) is 0 Å². The average molecular weight is 824 g/mol. The summed E-state index contributed by atoms with van der Waals surface area (Å²) in [5, 5.41) is 5.48. The Kier molecular flexibility index (Phi) is 13.3. The highest BCUT2D eigenvalue weighted by molar-refractivity contribution is 7.82. The van der Waals surface area contributed by atoms with E-state index in [1.165, 1.54) is 4.90 Å². The molecule has 4 aliphatic heterocycles. The first-order valence-electron chi connectivity index (χ1n) is 20.2. The number of nitrogens with one attached hydrogen (secondary N) is 2. The molecule has 3 aromatic rings. The SMILES string of the molecule is CN(C(=O)N(CC1CCN(CC2CCN(c3cccc(S(=O)N4CCC(Nc5ncc(C(F)(F)F)cn5)CC4)c3)CC2)CC1)c1ccccc1)C1CCC(=O)NC1=O. The Morgan fingerprint density at radius 3 is 2.21 bits per heavy atom. The number of likely N-dealkylation sites (N-methyl/N-ethyl adjacent to an activating group) is 1. The molecular weight excluding hydrogens is 772 g/mol. The molecule has 0 radical (unpaired) electrons. The number of rotatable bonds is 11. The first kappa shape index (κ1) is 41.5. The molecule has 2 atom stereocenters. The summed E-state index contributed by atoms with van der Waals surface area (Å²) in [6.07, 6.45) is 3.03. The minimum absolute atomic E-state index is 0.0227. The van der Waals surface area contributed by atoms with E-state index in [1.807, 2.05) is 52.8 Å². The Bertz CT molecular complexity index is 1900. The van der Waals surface area contributed by atoms with Gasteiger partial charge in [0.1, 0.15) is 17.0 Å². The fourth-order valence-corrected chi connectivity index (χ4v) is 9.72. The normalized spacial score (nSPS) is 21.4. The van der Waals surface area contributed by atoms with Crippen molar-refractivity contribution in [3.63, 3.8) is 0 Å². The zero-order chi connectivity index (χ0) is 40.8. The largest absolute Gasteiger partial charge is 0.419 e. The Morgan fingerprint density at radius 1 is 0.879 bits per heavy atom. The van der Waals surface area contributed by atoms with Crippen molar-refractivity contribution in [3.8, 4) is 0 Å². The number of carbonyl (C=O) groups is 3. The third-order valence-electron chi connectivity index (χ3n) is 11.9. The van der Waals surface area contributed by atoms with Crippen molar-refractivity contribution in [2.24, 2.45) is 11.8 Å². The number of anilines is 3. The molecule has 0 bridgehead atoms. The minimum Gasteiger partial charge on any atom is -0.371 e. The predicted molar refractivity (Wildman–Crippen MR) is 215 cm³/mol. The maximum atomic E-state index is 13.8. The molecule has 7 rings (SSSR count). The maximum absolute atomic E-state index is 13.8. The number of hydrogen-bond donors (Lipinski definition) is 2. The molecular formula is C41H52F3N9O4S. The average Bonchev–Trinajstić information content (AvgIpc) is 3.23. The quantitative estimate of drug-likeness (QED) is 0.245. The highest BCUT2D eigenvalue weighted by atomic mass is 32.2. The highest BCUT2D eigenvalue weighted by Gasteiger charge is 2.36.